The van der Waals surface area contributed by atoms with E-state index >= 15 is 0 Å². The summed E-state index contributed by atoms with van der Waals surface area (Å²) in [5, 5.41) is 11.3. The largest absolute Gasteiger partial charge is 0.379 e. The zero-order chi connectivity index (χ0) is 32.2. The molecule has 0 radical (unpaired) electrons. The number of halogens is 1. The second-order valence-electron chi connectivity index (χ2n) is 11.0. The number of benzene rings is 4. The molecule has 4 aromatic carbocycles. The van der Waals surface area contributed by atoms with Gasteiger partial charge in [0.1, 0.15) is 16.5 Å². The summed E-state index contributed by atoms with van der Waals surface area (Å²) in [4.78, 5) is 29.7. The minimum Gasteiger partial charge on any atom is -0.379 e. The Kier molecular flexibility index (Phi) is 7.25. The average molecular weight is 654 g/mol. The number of nitro benzene ring substituents is 1. The van der Waals surface area contributed by atoms with Crippen LogP contribution in [0.3, 0.4) is 0 Å². The van der Waals surface area contributed by atoms with Crippen LogP contribution in [0.15, 0.2) is 111 Å². The molecule has 12 heteroatoms. The number of nitro groups is 1. The highest BCUT2D eigenvalue weighted by molar-refractivity contribution is 7.87. The van der Waals surface area contributed by atoms with Crippen molar-refractivity contribution in [1.29, 1.82) is 0 Å². The molecular formula is C34H24FN3O6S2. The van der Waals surface area contributed by atoms with Crippen molar-refractivity contribution in [2.45, 2.75) is 30.7 Å². The normalized spacial score (nSPS) is 15.9. The van der Waals surface area contributed by atoms with E-state index in [1.807, 2.05) is 18.2 Å². The smallest absolute Gasteiger partial charge is 0.339 e. The molecular weight excluding hydrogens is 630 g/mol. The molecule has 0 saturated heterocycles. The highest BCUT2D eigenvalue weighted by Crippen LogP contribution is 2.41. The van der Waals surface area contributed by atoms with Crippen molar-refractivity contribution < 1.29 is 21.9 Å². The third-order valence-electron chi connectivity index (χ3n) is 8.11. The first-order chi connectivity index (χ1) is 22.1. The molecule has 46 heavy (non-hydrogen) atoms. The highest BCUT2D eigenvalue weighted by Gasteiger charge is 2.32. The van der Waals surface area contributed by atoms with Crippen molar-refractivity contribution in [3.05, 3.63) is 160 Å². The predicted molar refractivity (Wildman–Crippen MR) is 171 cm³/mol. The van der Waals surface area contributed by atoms with Crippen molar-refractivity contribution in [3.63, 3.8) is 0 Å². The van der Waals surface area contributed by atoms with Gasteiger partial charge in [0, 0.05) is 17.2 Å². The number of allylic oxidation sites excluding steroid dienone is 1. The molecule has 7 rings (SSSR count). The third kappa shape index (κ3) is 5.25. The Morgan fingerprint density at radius 1 is 1.02 bits per heavy atom. The van der Waals surface area contributed by atoms with E-state index in [4.69, 9.17) is 9.18 Å². The molecule has 0 fully saturated rings. The molecule has 9 nitrogen and oxygen atoms in total. The highest BCUT2D eigenvalue weighted by atomic mass is 32.2. The van der Waals surface area contributed by atoms with Crippen LogP contribution in [0.25, 0.3) is 11.8 Å². The van der Waals surface area contributed by atoms with Crippen LogP contribution in [0, 0.1) is 22.9 Å². The Balaban J connectivity index is 1.25. The van der Waals surface area contributed by atoms with Crippen molar-refractivity contribution in [2.75, 3.05) is 0 Å². The van der Waals surface area contributed by atoms with E-state index < -0.39 is 21.1 Å². The lowest BCUT2D eigenvalue weighted by molar-refractivity contribution is -0.385. The maximum Gasteiger partial charge on any atom is 0.339 e. The van der Waals surface area contributed by atoms with Gasteiger partial charge in [0.05, 0.1) is 21.2 Å². The van der Waals surface area contributed by atoms with E-state index in [0.717, 1.165) is 34.9 Å². The van der Waals surface area contributed by atoms with Crippen molar-refractivity contribution in [1.82, 2.24) is 4.57 Å². The fourth-order valence-corrected chi connectivity index (χ4v) is 7.81. The van der Waals surface area contributed by atoms with Gasteiger partial charge >= 0.3 is 10.1 Å². The van der Waals surface area contributed by atoms with Gasteiger partial charge < -0.3 is 4.18 Å². The van der Waals surface area contributed by atoms with Crippen molar-refractivity contribution >= 4 is 38.9 Å². The molecule has 230 valence electrons. The van der Waals surface area contributed by atoms with Crippen LogP contribution >= 0.6 is 11.3 Å². The summed E-state index contributed by atoms with van der Waals surface area (Å²) in [6, 6.07) is 23.5. The Morgan fingerprint density at radius 2 is 1.76 bits per heavy atom. The van der Waals surface area contributed by atoms with E-state index in [2.05, 4.69) is 6.07 Å². The van der Waals surface area contributed by atoms with E-state index in [1.165, 1.54) is 60.2 Å². The molecule has 2 aliphatic rings. The van der Waals surface area contributed by atoms with Gasteiger partial charge in [-0.25, -0.2) is 9.38 Å². The summed E-state index contributed by atoms with van der Waals surface area (Å²) in [5.74, 6) is -0.357. The first-order valence-corrected chi connectivity index (χ1v) is 16.5. The van der Waals surface area contributed by atoms with Gasteiger partial charge in [0.15, 0.2) is 4.80 Å². The van der Waals surface area contributed by atoms with Gasteiger partial charge in [-0.05, 0) is 78.4 Å². The molecule has 1 aromatic heterocycles. The molecule has 0 bridgehead atoms. The first kappa shape index (κ1) is 29.5. The third-order valence-corrected chi connectivity index (χ3v) is 10.3. The standard InChI is InChI=1S/C34H24FN3O6S2/c1-20-6-16-26(19-29(20)38(40)41)46(42,43)44-25-14-7-21(8-15-25)18-30-33(39)37-32(23-9-12-24(35)13-10-23)28-17-11-22-4-2-3-5-27(22)31(28)36-34(37)45-30/h2-10,12-16,18-19,32H,11,17H2,1H3/b30-18+/t32-/m1/s1. The van der Waals surface area contributed by atoms with Gasteiger partial charge in [-0.15, -0.1) is 0 Å². The monoisotopic (exact) mass is 653 g/mol. The molecule has 0 N–H and O–H groups in total. The predicted octanol–water partition coefficient (Wildman–Crippen LogP) is 5.44. The number of aryl methyl sites for hydroxylation is 2. The minimum absolute atomic E-state index is 0.00416. The van der Waals surface area contributed by atoms with Crippen LogP contribution in [0.4, 0.5) is 10.1 Å². The van der Waals surface area contributed by atoms with Gasteiger partial charge in [-0.1, -0.05) is 65.9 Å². The summed E-state index contributed by atoms with van der Waals surface area (Å²) in [6.07, 6.45) is 3.21. The van der Waals surface area contributed by atoms with Crippen LogP contribution in [0.2, 0.25) is 0 Å². The number of hydrogen-bond acceptors (Lipinski definition) is 8. The second kappa shape index (κ2) is 11.3. The van der Waals surface area contributed by atoms with Gasteiger partial charge in [-0.2, -0.15) is 8.42 Å². The van der Waals surface area contributed by atoms with E-state index in [1.54, 1.807) is 34.9 Å². The van der Waals surface area contributed by atoms with Gasteiger partial charge in [0.25, 0.3) is 11.2 Å². The molecule has 0 amide bonds. The SMILES string of the molecule is Cc1ccc(S(=O)(=O)Oc2ccc(/C=c3/sc4n(c3=O)[C@H](c3ccc(F)cc3)C3=C(N=4)c4ccccc4CC3)cc2)cc1[N+](=O)[O-]. The molecule has 0 spiro atoms. The Hall–Kier alpha value is -5.20. The van der Waals surface area contributed by atoms with Gasteiger partial charge in [-0.3, -0.25) is 19.5 Å². The second-order valence-corrected chi connectivity index (χ2v) is 13.5. The molecule has 1 atom stereocenters. The van der Waals surface area contributed by atoms with Gasteiger partial charge in [0.2, 0.25) is 0 Å². The molecule has 0 saturated carbocycles. The summed E-state index contributed by atoms with van der Waals surface area (Å²) >= 11 is 1.24. The minimum atomic E-state index is -4.34. The number of thiazole rings is 1. The van der Waals surface area contributed by atoms with E-state index in [-0.39, 0.29) is 27.7 Å². The van der Waals surface area contributed by atoms with Crippen molar-refractivity contribution in [3.8, 4) is 5.75 Å². The molecule has 0 unspecified atom stereocenters. The van der Waals surface area contributed by atoms with Crippen LogP contribution < -0.4 is 19.1 Å². The number of rotatable bonds is 6. The zero-order valence-corrected chi connectivity index (χ0v) is 25.8. The fraction of sp³-hybridized carbons (Fsp3) is 0.118. The quantitative estimate of drug-likeness (QED) is 0.137. The average Bonchev–Trinajstić information content (AvgIpc) is 3.35. The van der Waals surface area contributed by atoms with E-state index in [0.29, 0.717) is 26.9 Å². The summed E-state index contributed by atoms with van der Waals surface area (Å²) in [7, 11) is -4.34. The van der Waals surface area contributed by atoms with Crippen LogP contribution in [0.1, 0.15) is 40.3 Å². The number of aromatic nitrogens is 1. The Labute approximate surface area is 266 Å². The maximum atomic E-state index is 13.9. The number of fused-ring (bicyclic) bond motifs is 3. The van der Waals surface area contributed by atoms with Crippen molar-refractivity contribution in [2.24, 2.45) is 4.99 Å². The summed E-state index contributed by atoms with van der Waals surface area (Å²) in [6.45, 7) is 1.52. The number of nitrogens with zero attached hydrogens (tertiary/aromatic N) is 3. The van der Waals surface area contributed by atoms with Crippen LogP contribution in [-0.4, -0.2) is 17.9 Å². The zero-order valence-electron chi connectivity index (χ0n) is 24.2. The Morgan fingerprint density at radius 3 is 2.50 bits per heavy atom. The summed E-state index contributed by atoms with van der Waals surface area (Å²) in [5.41, 5.74) is 5.22. The summed E-state index contributed by atoms with van der Waals surface area (Å²) < 4.78 is 46.9. The fourth-order valence-electron chi connectivity index (χ4n) is 5.85. The number of hydrogen-bond donors (Lipinski definition) is 0. The maximum absolute atomic E-state index is 13.9. The van der Waals surface area contributed by atoms with E-state index in [9.17, 15) is 27.7 Å². The molecule has 5 aromatic rings. The van der Waals surface area contributed by atoms with Crippen LogP contribution in [0.5, 0.6) is 5.75 Å². The van der Waals surface area contributed by atoms with Crippen LogP contribution in [-0.2, 0) is 16.5 Å². The molecule has 2 heterocycles. The molecule has 1 aliphatic heterocycles. The lowest BCUT2D eigenvalue weighted by atomic mass is 9.83. The topological polar surface area (TPSA) is 121 Å². The molecule has 1 aliphatic carbocycles. The lowest BCUT2D eigenvalue weighted by Gasteiger charge is -2.30. The first-order valence-electron chi connectivity index (χ1n) is 14.3. The Bertz CT molecular complexity index is 2380. The lowest BCUT2D eigenvalue weighted by Crippen LogP contribution is -2.38.